The van der Waals surface area contributed by atoms with Gasteiger partial charge in [-0.3, -0.25) is 0 Å². The average molecular weight is 566 g/mol. The van der Waals surface area contributed by atoms with Gasteiger partial charge in [0.15, 0.2) is 0 Å². The molecule has 0 saturated carbocycles. The molecule has 0 saturated heterocycles. The van der Waals surface area contributed by atoms with Gasteiger partial charge in [-0.25, -0.2) is 0 Å². The van der Waals surface area contributed by atoms with Crippen molar-refractivity contribution < 1.29 is 4.42 Å². The Kier molecular flexibility index (Phi) is 4.63. The van der Waals surface area contributed by atoms with Crippen molar-refractivity contribution in [3.8, 4) is 16.8 Å². The smallest absolute Gasteiger partial charge is 0.136 e. The fourth-order valence-corrected chi connectivity index (χ4v) is 8.46. The third-order valence-corrected chi connectivity index (χ3v) is 10.2. The summed E-state index contributed by atoms with van der Waals surface area (Å²) in [6, 6.07) is 50.3. The van der Waals surface area contributed by atoms with E-state index in [4.69, 9.17) is 4.42 Å². The zero-order chi connectivity index (χ0) is 28.1. The lowest BCUT2D eigenvalue weighted by atomic mass is 9.98. The molecule has 10 rings (SSSR count). The number of nitrogens with zero attached hydrogens (tertiary/aromatic N) is 1. The van der Waals surface area contributed by atoms with Crippen LogP contribution in [0.15, 0.2) is 144 Å². The molecule has 3 aromatic heterocycles. The molecule has 2 nitrogen and oxygen atoms in total. The van der Waals surface area contributed by atoms with Gasteiger partial charge in [0.1, 0.15) is 11.2 Å². The number of thiophene rings is 1. The Labute approximate surface area is 250 Å². The van der Waals surface area contributed by atoms with Crippen molar-refractivity contribution in [1.82, 2.24) is 4.57 Å². The van der Waals surface area contributed by atoms with Crippen LogP contribution < -0.4 is 0 Å². The molecule has 0 unspecified atom stereocenters. The summed E-state index contributed by atoms with van der Waals surface area (Å²) in [5.74, 6) is 0. The molecule has 7 aromatic carbocycles. The summed E-state index contributed by atoms with van der Waals surface area (Å²) < 4.78 is 11.3. The molecule has 0 aliphatic heterocycles. The van der Waals surface area contributed by atoms with E-state index < -0.39 is 0 Å². The lowest BCUT2D eigenvalue weighted by Gasteiger charge is -2.11. The lowest BCUT2D eigenvalue weighted by Crippen LogP contribution is -1.94. The second-order valence-corrected chi connectivity index (χ2v) is 12.3. The number of hydrogen-bond acceptors (Lipinski definition) is 2. The summed E-state index contributed by atoms with van der Waals surface area (Å²) in [7, 11) is 0. The lowest BCUT2D eigenvalue weighted by molar-refractivity contribution is 0.669. The van der Waals surface area contributed by atoms with Crippen LogP contribution >= 0.6 is 11.3 Å². The zero-order valence-electron chi connectivity index (χ0n) is 23.0. The van der Waals surface area contributed by atoms with Gasteiger partial charge in [0.05, 0.1) is 15.7 Å². The topological polar surface area (TPSA) is 18.1 Å². The van der Waals surface area contributed by atoms with Crippen LogP contribution in [-0.2, 0) is 0 Å². The molecule has 43 heavy (non-hydrogen) atoms. The van der Waals surface area contributed by atoms with Gasteiger partial charge in [0, 0.05) is 42.7 Å². The van der Waals surface area contributed by atoms with Gasteiger partial charge in [0.2, 0.25) is 0 Å². The maximum atomic E-state index is 6.19. The number of furan rings is 1. The molecule has 0 bridgehead atoms. The Morgan fingerprint density at radius 3 is 1.95 bits per heavy atom. The maximum Gasteiger partial charge on any atom is 0.136 e. The molecule has 3 heteroatoms. The van der Waals surface area contributed by atoms with E-state index in [-0.39, 0.29) is 0 Å². The molecule has 0 aliphatic carbocycles. The summed E-state index contributed by atoms with van der Waals surface area (Å²) in [5, 5.41) is 10.2. The van der Waals surface area contributed by atoms with Gasteiger partial charge in [-0.2, -0.15) is 0 Å². The Morgan fingerprint density at radius 2 is 1.12 bits per heavy atom. The largest absolute Gasteiger partial charge is 0.456 e. The van der Waals surface area contributed by atoms with Crippen molar-refractivity contribution in [2.75, 3.05) is 0 Å². The number of aromatic nitrogens is 1. The van der Waals surface area contributed by atoms with Crippen molar-refractivity contribution in [3.63, 3.8) is 0 Å². The van der Waals surface area contributed by atoms with Crippen LogP contribution in [0, 0.1) is 0 Å². The fourth-order valence-electron chi connectivity index (χ4n) is 7.20. The van der Waals surface area contributed by atoms with Crippen LogP contribution in [-0.4, -0.2) is 4.57 Å². The van der Waals surface area contributed by atoms with Gasteiger partial charge >= 0.3 is 0 Å². The van der Waals surface area contributed by atoms with Crippen LogP contribution in [0.2, 0.25) is 0 Å². The molecular formula is C40H23NOS. The first kappa shape index (κ1) is 23.2. The Bertz CT molecular complexity index is 2720. The zero-order valence-corrected chi connectivity index (χ0v) is 23.9. The van der Waals surface area contributed by atoms with Crippen LogP contribution in [0.5, 0.6) is 0 Å². The average Bonchev–Trinajstić information content (AvgIpc) is 3.75. The van der Waals surface area contributed by atoms with Crippen molar-refractivity contribution in [2.45, 2.75) is 0 Å². The first-order valence-electron chi connectivity index (χ1n) is 14.6. The number of rotatable bonds is 2. The van der Waals surface area contributed by atoms with E-state index in [9.17, 15) is 0 Å². The second kappa shape index (κ2) is 8.57. The second-order valence-electron chi connectivity index (χ2n) is 11.2. The molecule has 10 aromatic rings. The van der Waals surface area contributed by atoms with E-state index >= 15 is 0 Å². The highest BCUT2D eigenvalue weighted by atomic mass is 32.1. The molecule has 3 heterocycles. The van der Waals surface area contributed by atoms with Crippen molar-refractivity contribution in [3.05, 3.63) is 140 Å². The first-order chi connectivity index (χ1) is 21.3. The predicted octanol–water partition coefficient (Wildman–Crippen LogP) is 11.9. The standard InChI is InChI=1S/C40H23NOS/c1-2-11-28-27(10-1)37-29-12-3-6-16-32(29)41(39(37)40-38(28)31-14-5-8-19-35(31)43-40)25-22-20-24(21-23-25)26-15-9-18-34-36(26)30-13-4-7-17-33(30)42-34/h1-23H. The molecule has 0 amide bonds. The number of benzene rings is 7. The third kappa shape index (κ3) is 3.12. The summed E-state index contributed by atoms with van der Waals surface area (Å²) in [5.41, 5.74) is 7.88. The van der Waals surface area contributed by atoms with E-state index in [1.165, 1.54) is 69.3 Å². The van der Waals surface area contributed by atoms with Crippen LogP contribution in [0.1, 0.15) is 0 Å². The number of hydrogen-bond donors (Lipinski definition) is 0. The summed E-state index contributed by atoms with van der Waals surface area (Å²) in [6.45, 7) is 0. The van der Waals surface area contributed by atoms with Crippen LogP contribution in [0.25, 0.3) is 91.5 Å². The SMILES string of the molecule is c1ccc2c(c1)oc1cccc(-c3ccc(-n4c5ccccc5c5c6ccccc6c6c7ccccc7sc6c54)cc3)c12. The highest BCUT2D eigenvalue weighted by molar-refractivity contribution is 7.27. The fraction of sp³-hybridized carbons (Fsp3) is 0. The minimum Gasteiger partial charge on any atom is -0.456 e. The van der Waals surface area contributed by atoms with E-state index in [1.54, 1.807) is 0 Å². The van der Waals surface area contributed by atoms with E-state index in [2.05, 4.69) is 132 Å². The number of para-hydroxylation sites is 2. The van der Waals surface area contributed by atoms with E-state index in [0.717, 1.165) is 22.2 Å². The highest BCUT2D eigenvalue weighted by Gasteiger charge is 2.21. The predicted molar refractivity (Wildman–Crippen MR) is 184 cm³/mol. The molecule has 0 spiro atoms. The molecule has 0 fully saturated rings. The summed E-state index contributed by atoms with van der Waals surface area (Å²) in [4.78, 5) is 0. The molecular weight excluding hydrogens is 543 g/mol. The van der Waals surface area contributed by atoms with Crippen LogP contribution in [0.4, 0.5) is 0 Å². The summed E-state index contributed by atoms with van der Waals surface area (Å²) in [6.07, 6.45) is 0. The van der Waals surface area contributed by atoms with Gasteiger partial charge in [0.25, 0.3) is 0 Å². The monoisotopic (exact) mass is 565 g/mol. The van der Waals surface area contributed by atoms with E-state index in [1.807, 2.05) is 23.5 Å². The quantitative estimate of drug-likeness (QED) is 0.204. The minimum absolute atomic E-state index is 0.921. The molecule has 0 radical (unpaired) electrons. The van der Waals surface area contributed by atoms with Crippen molar-refractivity contribution >= 4 is 86.0 Å². The van der Waals surface area contributed by atoms with Crippen molar-refractivity contribution in [1.29, 1.82) is 0 Å². The highest BCUT2D eigenvalue weighted by Crippen LogP contribution is 2.48. The summed E-state index contributed by atoms with van der Waals surface area (Å²) >= 11 is 1.90. The van der Waals surface area contributed by atoms with Crippen LogP contribution in [0.3, 0.4) is 0 Å². The third-order valence-electron chi connectivity index (χ3n) is 8.99. The van der Waals surface area contributed by atoms with Gasteiger partial charge in [-0.1, -0.05) is 103 Å². The normalized spacial score (nSPS) is 12.2. The van der Waals surface area contributed by atoms with Crippen molar-refractivity contribution in [2.24, 2.45) is 0 Å². The Hall–Kier alpha value is -5.38. The molecule has 200 valence electrons. The Balaban J connectivity index is 1.29. The van der Waals surface area contributed by atoms with Gasteiger partial charge < -0.3 is 8.98 Å². The molecule has 0 atom stereocenters. The minimum atomic E-state index is 0.921. The molecule has 0 aliphatic rings. The van der Waals surface area contributed by atoms with Gasteiger partial charge in [-0.15, -0.1) is 11.3 Å². The molecule has 0 N–H and O–H groups in total. The van der Waals surface area contributed by atoms with E-state index in [0.29, 0.717) is 0 Å². The number of fused-ring (bicyclic) bond motifs is 13. The maximum absolute atomic E-state index is 6.19. The first-order valence-corrected chi connectivity index (χ1v) is 15.4. The Morgan fingerprint density at radius 1 is 0.465 bits per heavy atom. The van der Waals surface area contributed by atoms with Gasteiger partial charge in [-0.05, 0) is 58.3 Å².